The fourth-order valence-corrected chi connectivity index (χ4v) is 2.71. The normalized spacial score (nSPS) is 10.6. The van der Waals surface area contributed by atoms with Crippen LogP contribution in [0.25, 0.3) is 0 Å². The zero-order chi connectivity index (χ0) is 13.1. The number of hydrogen-bond donors (Lipinski definition) is 2. The van der Waals surface area contributed by atoms with Crippen LogP contribution in [0.15, 0.2) is 41.3 Å². The van der Waals surface area contributed by atoms with Crippen molar-refractivity contribution < 1.29 is 5.11 Å². The summed E-state index contributed by atoms with van der Waals surface area (Å²) in [4.78, 5) is 0.966. The van der Waals surface area contributed by atoms with E-state index in [1.807, 2.05) is 24.3 Å². The number of nitrogens with two attached hydrogens (primary N) is 1. The summed E-state index contributed by atoms with van der Waals surface area (Å²) < 4.78 is 0. The largest absolute Gasteiger partial charge is 0.506 e. The van der Waals surface area contributed by atoms with Crippen molar-refractivity contribution in [3.8, 4) is 5.75 Å². The first-order chi connectivity index (χ1) is 8.61. The van der Waals surface area contributed by atoms with E-state index in [2.05, 4.69) is 0 Å². The lowest BCUT2D eigenvalue weighted by Crippen LogP contribution is -1.94. The van der Waals surface area contributed by atoms with Crippen LogP contribution < -0.4 is 5.14 Å². The topological polar surface area (TPSA) is 46.2 Å². The smallest absolute Gasteiger partial charge is 0.137 e. The third-order valence-corrected chi connectivity index (χ3v) is 3.75. The molecule has 0 atom stereocenters. The number of aromatic hydroxyl groups is 1. The number of phenols is 1. The molecule has 0 bridgehead atoms. The second-order valence-electron chi connectivity index (χ2n) is 3.80. The molecule has 0 radical (unpaired) electrons. The molecule has 18 heavy (non-hydrogen) atoms. The number of halogens is 2. The summed E-state index contributed by atoms with van der Waals surface area (Å²) in [6.07, 6.45) is 0.534. The van der Waals surface area contributed by atoms with Gasteiger partial charge in [0.25, 0.3) is 0 Å². The van der Waals surface area contributed by atoms with E-state index < -0.39 is 0 Å². The van der Waals surface area contributed by atoms with Gasteiger partial charge in [-0.2, -0.15) is 0 Å². The Labute approximate surface area is 120 Å². The van der Waals surface area contributed by atoms with Crippen LogP contribution in [0, 0.1) is 0 Å². The Balaban J connectivity index is 2.40. The van der Waals surface area contributed by atoms with Gasteiger partial charge in [-0.05, 0) is 35.7 Å². The van der Waals surface area contributed by atoms with Gasteiger partial charge in [-0.3, -0.25) is 5.14 Å². The molecule has 2 aromatic carbocycles. The van der Waals surface area contributed by atoms with Crippen molar-refractivity contribution in [2.75, 3.05) is 0 Å². The van der Waals surface area contributed by atoms with Crippen molar-refractivity contribution in [3.63, 3.8) is 0 Å². The summed E-state index contributed by atoms with van der Waals surface area (Å²) >= 11 is 13.0. The molecule has 2 aromatic rings. The Bertz CT molecular complexity index is 575. The average Bonchev–Trinajstić information content (AvgIpc) is 2.36. The molecular weight excluding hydrogens is 289 g/mol. The number of rotatable bonds is 3. The highest BCUT2D eigenvalue weighted by atomic mass is 35.5. The second-order valence-corrected chi connectivity index (χ2v) is 5.32. The van der Waals surface area contributed by atoms with E-state index >= 15 is 0 Å². The molecule has 2 nitrogen and oxygen atoms in total. The Morgan fingerprint density at radius 3 is 2.56 bits per heavy atom. The third-order valence-electron chi connectivity index (χ3n) is 2.59. The van der Waals surface area contributed by atoms with Crippen LogP contribution in [-0.2, 0) is 6.42 Å². The fraction of sp³-hybridized carbons (Fsp3) is 0.0769. The highest BCUT2D eigenvalue weighted by Gasteiger charge is 2.10. The van der Waals surface area contributed by atoms with Crippen molar-refractivity contribution in [2.24, 2.45) is 5.14 Å². The lowest BCUT2D eigenvalue weighted by atomic mass is 10.0. The fourth-order valence-electron chi connectivity index (χ4n) is 1.72. The van der Waals surface area contributed by atoms with Crippen molar-refractivity contribution in [1.29, 1.82) is 0 Å². The van der Waals surface area contributed by atoms with E-state index in [0.717, 1.165) is 10.5 Å². The van der Waals surface area contributed by atoms with Crippen molar-refractivity contribution in [1.82, 2.24) is 0 Å². The van der Waals surface area contributed by atoms with Crippen molar-refractivity contribution in [2.45, 2.75) is 11.3 Å². The number of phenolic OH excluding ortho intramolecular Hbond substituents is 1. The van der Waals surface area contributed by atoms with Crippen LogP contribution >= 0.6 is 35.1 Å². The lowest BCUT2D eigenvalue weighted by Gasteiger charge is -2.10. The van der Waals surface area contributed by atoms with Crippen LogP contribution in [0.2, 0.25) is 10.0 Å². The van der Waals surface area contributed by atoms with E-state index in [9.17, 15) is 5.11 Å². The second kappa shape index (κ2) is 5.85. The van der Waals surface area contributed by atoms with Gasteiger partial charge in [-0.25, -0.2) is 0 Å². The van der Waals surface area contributed by atoms with E-state index in [0.29, 0.717) is 17.0 Å². The SMILES string of the molecule is NSc1ccccc1Cc1cc(Cl)cc(Cl)c1O. The van der Waals surface area contributed by atoms with Gasteiger partial charge in [0.15, 0.2) is 0 Å². The molecule has 0 fully saturated rings. The standard InChI is InChI=1S/C13H11Cl2NOS/c14-10-6-9(13(17)11(15)7-10)5-8-3-1-2-4-12(8)18-16/h1-4,6-7,17H,5,16H2. The minimum atomic E-state index is 0.0675. The Hall–Kier alpha value is -0.870. The van der Waals surface area contributed by atoms with Gasteiger partial charge in [0.2, 0.25) is 0 Å². The Kier molecular flexibility index (Phi) is 4.40. The summed E-state index contributed by atoms with van der Waals surface area (Å²) in [5.74, 6) is 0.0675. The maximum absolute atomic E-state index is 9.92. The van der Waals surface area contributed by atoms with Gasteiger partial charge in [-0.1, -0.05) is 41.4 Å². The quantitative estimate of drug-likeness (QED) is 0.833. The van der Waals surface area contributed by atoms with Crippen LogP contribution in [0.4, 0.5) is 0 Å². The molecular formula is C13H11Cl2NOS. The Morgan fingerprint density at radius 2 is 1.83 bits per heavy atom. The maximum Gasteiger partial charge on any atom is 0.137 e. The summed E-state index contributed by atoms with van der Waals surface area (Å²) in [5, 5.41) is 16.3. The minimum absolute atomic E-state index is 0.0675. The van der Waals surface area contributed by atoms with Crippen molar-refractivity contribution in [3.05, 3.63) is 57.6 Å². The predicted molar refractivity (Wildman–Crippen MR) is 77.4 cm³/mol. The molecule has 0 aromatic heterocycles. The van der Waals surface area contributed by atoms with Gasteiger partial charge in [0.1, 0.15) is 5.75 Å². The van der Waals surface area contributed by atoms with Crippen molar-refractivity contribution >= 4 is 35.1 Å². The molecule has 0 saturated heterocycles. The first kappa shape index (κ1) is 13.6. The van der Waals surface area contributed by atoms with Crippen LogP contribution in [0.3, 0.4) is 0 Å². The molecule has 0 aliphatic carbocycles. The van der Waals surface area contributed by atoms with Gasteiger partial charge >= 0.3 is 0 Å². The molecule has 0 heterocycles. The van der Waals surface area contributed by atoms with E-state index in [1.54, 1.807) is 6.07 Å². The predicted octanol–water partition coefficient (Wildman–Crippen LogP) is 4.26. The maximum atomic E-state index is 9.92. The van der Waals surface area contributed by atoms with Crippen LogP contribution in [-0.4, -0.2) is 5.11 Å². The summed E-state index contributed by atoms with van der Waals surface area (Å²) in [6, 6.07) is 11.0. The lowest BCUT2D eigenvalue weighted by molar-refractivity contribution is 0.469. The molecule has 5 heteroatoms. The number of benzene rings is 2. The van der Waals surface area contributed by atoms with E-state index in [4.69, 9.17) is 28.3 Å². The summed E-state index contributed by atoms with van der Waals surface area (Å²) in [6.45, 7) is 0. The monoisotopic (exact) mass is 299 g/mol. The van der Waals surface area contributed by atoms with Gasteiger partial charge < -0.3 is 5.11 Å². The van der Waals surface area contributed by atoms with Crippen LogP contribution in [0.5, 0.6) is 5.75 Å². The zero-order valence-corrected chi connectivity index (χ0v) is 11.7. The Morgan fingerprint density at radius 1 is 1.11 bits per heavy atom. The van der Waals surface area contributed by atoms with Gasteiger partial charge in [-0.15, -0.1) is 0 Å². The van der Waals surface area contributed by atoms with E-state index in [1.165, 1.54) is 18.0 Å². The van der Waals surface area contributed by atoms with Crippen LogP contribution in [0.1, 0.15) is 11.1 Å². The highest BCUT2D eigenvalue weighted by Crippen LogP contribution is 2.33. The molecule has 3 N–H and O–H groups in total. The third kappa shape index (κ3) is 2.93. The molecule has 0 unspecified atom stereocenters. The van der Waals surface area contributed by atoms with Gasteiger partial charge in [0, 0.05) is 21.9 Å². The molecule has 0 spiro atoms. The first-order valence-corrected chi connectivity index (χ1v) is 6.87. The highest BCUT2D eigenvalue weighted by molar-refractivity contribution is 7.97. The number of hydrogen-bond acceptors (Lipinski definition) is 3. The zero-order valence-electron chi connectivity index (χ0n) is 9.36. The first-order valence-electron chi connectivity index (χ1n) is 5.23. The molecule has 0 amide bonds. The van der Waals surface area contributed by atoms with E-state index in [-0.39, 0.29) is 10.8 Å². The molecule has 2 rings (SSSR count). The summed E-state index contributed by atoms with van der Waals surface area (Å²) in [5.41, 5.74) is 1.72. The van der Waals surface area contributed by atoms with Gasteiger partial charge in [0.05, 0.1) is 5.02 Å². The summed E-state index contributed by atoms with van der Waals surface area (Å²) in [7, 11) is 0. The molecule has 0 aliphatic rings. The molecule has 0 aliphatic heterocycles. The molecule has 94 valence electrons. The molecule has 0 saturated carbocycles. The average molecular weight is 300 g/mol. The minimum Gasteiger partial charge on any atom is -0.506 e.